The van der Waals surface area contributed by atoms with E-state index in [9.17, 15) is 4.79 Å². The van der Waals surface area contributed by atoms with Crippen LogP contribution in [0.4, 0.5) is 11.5 Å². The highest BCUT2D eigenvalue weighted by molar-refractivity contribution is 6.04. The number of methoxy groups -OCH3 is 2. The first-order valence-electron chi connectivity index (χ1n) is 8.53. The zero-order chi connectivity index (χ0) is 18.5. The second-order valence-corrected chi connectivity index (χ2v) is 6.25. The molecule has 1 aromatic heterocycles. The van der Waals surface area contributed by atoms with Crippen molar-refractivity contribution in [3.05, 3.63) is 42.1 Å². The number of benzene rings is 1. The first-order chi connectivity index (χ1) is 12.6. The van der Waals surface area contributed by atoms with Crippen molar-refractivity contribution in [2.24, 2.45) is 0 Å². The number of hydrogen-bond acceptors (Lipinski definition) is 6. The lowest BCUT2D eigenvalue weighted by atomic mass is 10.2. The number of hydrogen-bond donors (Lipinski definition) is 1. The smallest absolute Gasteiger partial charge is 0.255 e. The van der Waals surface area contributed by atoms with Gasteiger partial charge >= 0.3 is 0 Å². The van der Waals surface area contributed by atoms with E-state index in [1.165, 1.54) is 0 Å². The lowest BCUT2D eigenvalue weighted by molar-refractivity contribution is 0.102. The maximum atomic E-state index is 12.5. The third-order valence-corrected chi connectivity index (χ3v) is 4.45. The standard InChI is InChI=1S/C19H24N4O3/c1-22-6-8-23(9-7-22)18-5-4-15(13-20-18)21-19(24)14-10-16(25-2)12-17(11-14)26-3/h4-5,10-13H,6-9H2,1-3H3,(H,21,24). The molecule has 1 N–H and O–H groups in total. The van der Waals surface area contributed by atoms with Crippen LogP contribution in [0.5, 0.6) is 11.5 Å². The molecular formula is C19H24N4O3. The maximum absolute atomic E-state index is 12.5. The Bertz CT molecular complexity index is 734. The zero-order valence-corrected chi connectivity index (χ0v) is 15.4. The number of anilines is 2. The summed E-state index contributed by atoms with van der Waals surface area (Å²) >= 11 is 0. The number of carbonyl (C=O) groups is 1. The highest BCUT2D eigenvalue weighted by Gasteiger charge is 2.15. The number of nitrogens with one attached hydrogen (secondary N) is 1. The topological polar surface area (TPSA) is 66.9 Å². The van der Waals surface area contributed by atoms with Gasteiger partial charge in [-0.3, -0.25) is 4.79 Å². The Morgan fingerprint density at radius 3 is 2.23 bits per heavy atom. The number of pyridine rings is 1. The average Bonchev–Trinajstić information content (AvgIpc) is 2.68. The summed E-state index contributed by atoms with van der Waals surface area (Å²) in [5.41, 5.74) is 1.11. The van der Waals surface area contributed by atoms with Gasteiger partial charge in [0.15, 0.2) is 0 Å². The predicted molar refractivity (Wildman–Crippen MR) is 101 cm³/mol. The Labute approximate surface area is 153 Å². The molecule has 1 aromatic carbocycles. The molecule has 1 amide bonds. The summed E-state index contributed by atoms with van der Waals surface area (Å²) < 4.78 is 10.4. The summed E-state index contributed by atoms with van der Waals surface area (Å²) in [5.74, 6) is 1.83. The summed E-state index contributed by atoms with van der Waals surface area (Å²) in [4.78, 5) is 21.5. The Hall–Kier alpha value is -2.80. The van der Waals surface area contributed by atoms with Gasteiger partial charge in [-0.25, -0.2) is 4.98 Å². The fourth-order valence-corrected chi connectivity index (χ4v) is 2.82. The van der Waals surface area contributed by atoms with Crippen LogP contribution in [-0.4, -0.2) is 63.2 Å². The Morgan fingerprint density at radius 1 is 1.04 bits per heavy atom. The fourth-order valence-electron chi connectivity index (χ4n) is 2.82. The van der Waals surface area contributed by atoms with E-state index in [1.807, 2.05) is 12.1 Å². The van der Waals surface area contributed by atoms with Gasteiger partial charge in [0, 0.05) is 37.8 Å². The summed E-state index contributed by atoms with van der Waals surface area (Å²) in [6, 6.07) is 8.87. The molecule has 1 aliphatic heterocycles. The van der Waals surface area contributed by atoms with E-state index in [4.69, 9.17) is 9.47 Å². The number of aromatic nitrogens is 1. The SMILES string of the molecule is COc1cc(OC)cc(C(=O)Nc2ccc(N3CCN(C)CC3)nc2)c1. The average molecular weight is 356 g/mol. The summed E-state index contributed by atoms with van der Waals surface area (Å²) in [6.45, 7) is 3.97. The van der Waals surface area contributed by atoms with Crippen LogP contribution in [0.2, 0.25) is 0 Å². The molecule has 26 heavy (non-hydrogen) atoms. The highest BCUT2D eigenvalue weighted by Crippen LogP contribution is 2.23. The molecule has 7 heteroatoms. The van der Waals surface area contributed by atoms with Gasteiger partial charge in [-0.2, -0.15) is 0 Å². The van der Waals surface area contributed by atoms with Crippen LogP contribution in [0.15, 0.2) is 36.5 Å². The number of carbonyl (C=O) groups excluding carboxylic acids is 1. The summed E-state index contributed by atoms with van der Waals surface area (Å²) in [5, 5.41) is 2.86. The van der Waals surface area contributed by atoms with Gasteiger partial charge in [0.25, 0.3) is 5.91 Å². The van der Waals surface area contributed by atoms with Crippen molar-refractivity contribution < 1.29 is 14.3 Å². The molecule has 2 aromatic rings. The molecule has 0 aliphatic carbocycles. The monoisotopic (exact) mass is 356 g/mol. The van der Waals surface area contributed by atoms with E-state index >= 15 is 0 Å². The number of nitrogens with zero attached hydrogens (tertiary/aromatic N) is 3. The van der Waals surface area contributed by atoms with Crippen LogP contribution in [0.1, 0.15) is 10.4 Å². The van der Waals surface area contributed by atoms with Crippen LogP contribution >= 0.6 is 0 Å². The van der Waals surface area contributed by atoms with Crippen molar-refractivity contribution in [3.63, 3.8) is 0 Å². The molecule has 0 unspecified atom stereocenters. The largest absolute Gasteiger partial charge is 0.497 e. The van der Waals surface area contributed by atoms with Crippen molar-refractivity contribution in [2.75, 3.05) is 57.7 Å². The molecule has 0 radical (unpaired) electrons. The summed E-state index contributed by atoms with van der Waals surface area (Å²) in [6.07, 6.45) is 1.68. The normalized spacial score (nSPS) is 14.8. The number of ether oxygens (including phenoxy) is 2. The Balaban J connectivity index is 1.68. The molecule has 1 saturated heterocycles. The van der Waals surface area contributed by atoms with Gasteiger partial charge in [-0.15, -0.1) is 0 Å². The van der Waals surface area contributed by atoms with E-state index in [0.717, 1.165) is 32.0 Å². The molecule has 0 atom stereocenters. The van der Waals surface area contributed by atoms with E-state index in [-0.39, 0.29) is 5.91 Å². The molecule has 2 heterocycles. The van der Waals surface area contributed by atoms with Crippen molar-refractivity contribution in [1.29, 1.82) is 0 Å². The molecular weight excluding hydrogens is 332 g/mol. The Morgan fingerprint density at radius 2 is 1.69 bits per heavy atom. The number of piperazine rings is 1. The minimum absolute atomic E-state index is 0.239. The van der Waals surface area contributed by atoms with E-state index < -0.39 is 0 Å². The van der Waals surface area contributed by atoms with Crippen LogP contribution in [0.3, 0.4) is 0 Å². The quantitative estimate of drug-likeness (QED) is 0.885. The van der Waals surface area contributed by atoms with Crippen LogP contribution in [0, 0.1) is 0 Å². The molecule has 7 nitrogen and oxygen atoms in total. The third kappa shape index (κ3) is 4.23. The number of amides is 1. The lowest BCUT2D eigenvalue weighted by Crippen LogP contribution is -2.44. The molecule has 1 aliphatic rings. The molecule has 3 rings (SSSR count). The van der Waals surface area contributed by atoms with E-state index in [1.54, 1.807) is 38.6 Å². The van der Waals surface area contributed by atoms with Crippen LogP contribution < -0.4 is 19.7 Å². The first kappa shape index (κ1) is 18.0. The van der Waals surface area contributed by atoms with Crippen molar-refractivity contribution in [1.82, 2.24) is 9.88 Å². The van der Waals surface area contributed by atoms with Crippen LogP contribution in [0.25, 0.3) is 0 Å². The molecule has 138 valence electrons. The Kier molecular flexibility index (Phi) is 5.58. The van der Waals surface area contributed by atoms with Gasteiger partial charge in [-0.05, 0) is 31.3 Å². The minimum Gasteiger partial charge on any atom is -0.497 e. The summed E-state index contributed by atoms with van der Waals surface area (Å²) in [7, 11) is 5.23. The van der Waals surface area contributed by atoms with Crippen molar-refractivity contribution in [3.8, 4) is 11.5 Å². The zero-order valence-electron chi connectivity index (χ0n) is 15.4. The molecule has 0 bridgehead atoms. The highest BCUT2D eigenvalue weighted by atomic mass is 16.5. The molecule has 0 spiro atoms. The first-order valence-corrected chi connectivity index (χ1v) is 8.53. The fraction of sp³-hybridized carbons (Fsp3) is 0.368. The predicted octanol–water partition coefficient (Wildman–Crippen LogP) is 2.10. The number of likely N-dealkylation sites (N-methyl/N-ethyl adjacent to an activating group) is 1. The second-order valence-electron chi connectivity index (χ2n) is 6.25. The van der Waals surface area contributed by atoms with Gasteiger partial charge in [0.2, 0.25) is 0 Å². The molecule has 0 saturated carbocycles. The molecule has 1 fully saturated rings. The van der Waals surface area contributed by atoms with Gasteiger partial charge in [0.05, 0.1) is 26.1 Å². The van der Waals surface area contributed by atoms with Crippen LogP contribution in [-0.2, 0) is 0 Å². The van der Waals surface area contributed by atoms with Crippen molar-refractivity contribution >= 4 is 17.4 Å². The minimum atomic E-state index is -0.239. The van der Waals surface area contributed by atoms with Gasteiger partial charge < -0.3 is 24.6 Å². The maximum Gasteiger partial charge on any atom is 0.255 e. The van der Waals surface area contributed by atoms with E-state index in [0.29, 0.717) is 22.7 Å². The van der Waals surface area contributed by atoms with Crippen molar-refractivity contribution in [2.45, 2.75) is 0 Å². The lowest BCUT2D eigenvalue weighted by Gasteiger charge is -2.33. The third-order valence-electron chi connectivity index (χ3n) is 4.45. The van der Waals surface area contributed by atoms with Gasteiger partial charge in [-0.1, -0.05) is 0 Å². The van der Waals surface area contributed by atoms with E-state index in [2.05, 4.69) is 27.1 Å². The second kappa shape index (κ2) is 8.05. The van der Waals surface area contributed by atoms with Gasteiger partial charge in [0.1, 0.15) is 17.3 Å². The number of rotatable bonds is 5.